The van der Waals surface area contributed by atoms with E-state index < -0.39 is 5.97 Å². The van der Waals surface area contributed by atoms with Gasteiger partial charge in [0.1, 0.15) is 5.75 Å². The largest absolute Gasteiger partial charge is 0.494 e. The summed E-state index contributed by atoms with van der Waals surface area (Å²) in [6.45, 7) is 2.55. The summed E-state index contributed by atoms with van der Waals surface area (Å²) < 4.78 is 5.35. The van der Waals surface area contributed by atoms with E-state index in [4.69, 9.17) is 9.84 Å². The molecule has 4 nitrogen and oxygen atoms in total. The van der Waals surface area contributed by atoms with E-state index in [9.17, 15) is 4.79 Å². The standard InChI is InChI=1S/C14H13NO3/c1-2-18-13-5-3-10(4-6-13)11-7-12(14(16)17)9-15-8-11/h3-9H,2H2,1H3,(H,16,17). The molecule has 1 aromatic carbocycles. The van der Waals surface area contributed by atoms with Gasteiger partial charge >= 0.3 is 5.97 Å². The van der Waals surface area contributed by atoms with E-state index in [1.165, 1.54) is 6.20 Å². The van der Waals surface area contributed by atoms with Crippen LogP contribution in [0.25, 0.3) is 11.1 Å². The summed E-state index contributed by atoms with van der Waals surface area (Å²) in [5, 5.41) is 8.91. The van der Waals surface area contributed by atoms with Crippen molar-refractivity contribution >= 4 is 5.97 Å². The first-order chi connectivity index (χ1) is 8.70. The first-order valence-corrected chi connectivity index (χ1v) is 5.62. The van der Waals surface area contributed by atoms with Gasteiger partial charge in [-0.25, -0.2) is 4.79 Å². The maximum Gasteiger partial charge on any atom is 0.337 e. The lowest BCUT2D eigenvalue weighted by Gasteiger charge is -2.05. The van der Waals surface area contributed by atoms with E-state index in [1.807, 2.05) is 31.2 Å². The number of pyridine rings is 1. The van der Waals surface area contributed by atoms with Crippen molar-refractivity contribution in [3.8, 4) is 16.9 Å². The SMILES string of the molecule is CCOc1ccc(-c2cncc(C(=O)O)c2)cc1. The molecule has 0 fully saturated rings. The van der Waals surface area contributed by atoms with Crippen LogP contribution in [-0.2, 0) is 0 Å². The second-order valence-corrected chi connectivity index (χ2v) is 3.72. The summed E-state index contributed by atoms with van der Waals surface area (Å²) in [6, 6.07) is 9.07. The molecular weight excluding hydrogens is 230 g/mol. The van der Waals surface area contributed by atoms with E-state index in [0.717, 1.165) is 16.9 Å². The third-order valence-corrected chi connectivity index (χ3v) is 2.48. The van der Waals surface area contributed by atoms with Crippen LogP contribution in [0.5, 0.6) is 5.75 Å². The summed E-state index contributed by atoms with van der Waals surface area (Å²) in [6.07, 6.45) is 2.97. The van der Waals surface area contributed by atoms with Gasteiger partial charge in [-0.2, -0.15) is 0 Å². The molecule has 0 aliphatic heterocycles. The Morgan fingerprint density at radius 2 is 1.94 bits per heavy atom. The summed E-state index contributed by atoms with van der Waals surface area (Å²) in [4.78, 5) is 14.8. The molecule has 0 amide bonds. The Bertz CT molecular complexity index is 549. The lowest BCUT2D eigenvalue weighted by molar-refractivity contribution is 0.0696. The average molecular weight is 243 g/mol. The van der Waals surface area contributed by atoms with Crippen LogP contribution in [0.3, 0.4) is 0 Å². The van der Waals surface area contributed by atoms with Crippen LogP contribution in [0.15, 0.2) is 42.7 Å². The van der Waals surface area contributed by atoms with Crippen LogP contribution in [0, 0.1) is 0 Å². The number of carboxylic acids is 1. The topological polar surface area (TPSA) is 59.4 Å². The minimum Gasteiger partial charge on any atom is -0.494 e. The molecule has 1 heterocycles. The normalized spacial score (nSPS) is 10.1. The predicted molar refractivity (Wildman–Crippen MR) is 67.8 cm³/mol. The van der Waals surface area contributed by atoms with Crippen molar-refractivity contribution in [2.24, 2.45) is 0 Å². The summed E-state index contributed by atoms with van der Waals surface area (Å²) in [5.41, 5.74) is 1.87. The molecule has 0 aliphatic carbocycles. The summed E-state index contributed by atoms with van der Waals surface area (Å²) in [7, 11) is 0. The second-order valence-electron chi connectivity index (χ2n) is 3.72. The monoisotopic (exact) mass is 243 g/mol. The van der Waals surface area contributed by atoms with E-state index in [0.29, 0.717) is 6.61 Å². The zero-order valence-corrected chi connectivity index (χ0v) is 9.96. The lowest BCUT2D eigenvalue weighted by Crippen LogP contribution is -1.97. The van der Waals surface area contributed by atoms with Gasteiger partial charge in [0.05, 0.1) is 12.2 Å². The van der Waals surface area contributed by atoms with Crippen LogP contribution in [-0.4, -0.2) is 22.7 Å². The van der Waals surface area contributed by atoms with Crippen LogP contribution in [0.2, 0.25) is 0 Å². The smallest absolute Gasteiger partial charge is 0.337 e. The van der Waals surface area contributed by atoms with Gasteiger partial charge in [-0.1, -0.05) is 12.1 Å². The Morgan fingerprint density at radius 3 is 2.56 bits per heavy atom. The number of rotatable bonds is 4. The number of ether oxygens (including phenoxy) is 1. The Labute approximate surface area is 105 Å². The molecule has 0 saturated heterocycles. The van der Waals surface area contributed by atoms with Crippen LogP contribution in [0.1, 0.15) is 17.3 Å². The van der Waals surface area contributed by atoms with Gasteiger partial charge in [0, 0.05) is 18.0 Å². The number of nitrogens with zero attached hydrogens (tertiary/aromatic N) is 1. The van der Waals surface area contributed by atoms with Crippen molar-refractivity contribution in [2.45, 2.75) is 6.92 Å². The summed E-state index contributed by atoms with van der Waals surface area (Å²) in [5.74, 6) is -0.182. The molecule has 18 heavy (non-hydrogen) atoms. The average Bonchev–Trinajstić information content (AvgIpc) is 2.40. The highest BCUT2D eigenvalue weighted by molar-refractivity contribution is 5.88. The molecule has 1 N–H and O–H groups in total. The molecular formula is C14H13NO3. The quantitative estimate of drug-likeness (QED) is 0.897. The number of aromatic nitrogens is 1. The zero-order chi connectivity index (χ0) is 13.0. The van der Waals surface area contributed by atoms with E-state index in [1.54, 1.807) is 12.3 Å². The van der Waals surface area contributed by atoms with Crippen LogP contribution >= 0.6 is 0 Å². The Kier molecular flexibility index (Phi) is 3.57. The highest BCUT2D eigenvalue weighted by atomic mass is 16.5. The number of benzene rings is 1. The van der Waals surface area contributed by atoms with Crippen molar-refractivity contribution in [1.29, 1.82) is 0 Å². The Morgan fingerprint density at radius 1 is 1.22 bits per heavy atom. The van der Waals surface area contributed by atoms with Gasteiger partial charge in [-0.3, -0.25) is 4.98 Å². The number of aromatic carboxylic acids is 1. The van der Waals surface area contributed by atoms with E-state index >= 15 is 0 Å². The van der Waals surface area contributed by atoms with Crippen molar-refractivity contribution in [3.05, 3.63) is 48.3 Å². The molecule has 0 atom stereocenters. The number of hydrogen-bond acceptors (Lipinski definition) is 3. The fourth-order valence-corrected chi connectivity index (χ4v) is 1.63. The fourth-order valence-electron chi connectivity index (χ4n) is 1.63. The molecule has 2 aromatic rings. The van der Waals surface area contributed by atoms with Crippen molar-refractivity contribution < 1.29 is 14.6 Å². The number of carboxylic acid groups (broad SMARTS) is 1. The first-order valence-electron chi connectivity index (χ1n) is 5.62. The van der Waals surface area contributed by atoms with E-state index in [2.05, 4.69) is 4.98 Å². The molecule has 0 radical (unpaired) electrons. The highest BCUT2D eigenvalue weighted by Crippen LogP contribution is 2.22. The van der Waals surface area contributed by atoms with Crippen LogP contribution in [0.4, 0.5) is 0 Å². The molecule has 0 unspecified atom stereocenters. The minimum absolute atomic E-state index is 0.182. The highest BCUT2D eigenvalue weighted by Gasteiger charge is 2.05. The summed E-state index contributed by atoms with van der Waals surface area (Å²) >= 11 is 0. The molecule has 0 bridgehead atoms. The third kappa shape index (κ3) is 2.66. The first kappa shape index (κ1) is 12.1. The minimum atomic E-state index is -0.977. The van der Waals surface area contributed by atoms with Crippen molar-refractivity contribution in [3.63, 3.8) is 0 Å². The van der Waals surface area contributed by atoms with Crippen LogP contribution < -0.4 is 4.74 Å². The maximum absolute atomic E-state index is 10.9. The van der Waals surface area contributed by atoms with Gasteiger partial charge in [-0.15, -0.1) is 0 Å². The van der Waals surface area contributed by atoms with Crippen molar-refractivity contribution in [1.82, 2.24) is 4.98 Å². The Hall–Kier alpha value is -2.36. The second kappa shape index (κ2) is 5.31. The Balaban J connectivity index is 2.30. The van der Waals surface area contributed by atoms with Gasteiger partial charge in [0.15, 0.2) is 0 Å². The molecule has 0 spiro atoms. The van der Waals surface area contributed by atoms with Gasteiger partial charge in [0.2, 0.25) is 0 Å². The third-order valence-electron chi connectivity index (χ3n) is 2.48. The molecule has 92 valence electrons. The number of carbonyl (C=O) groups is 1. The van der Waals surface area contributed by atoms with E-state index in [-0.39, 0.29) is 5.56 Å². The molecule has 1 aromatic heterocycles. The maximum atomic E-state index is 10.9. The predicted octanol–water partition coefficient (Wildman–Crippen LogP) is 2.85. The molecule has 4 heteroatoms. The molecule has 0 aliphatic rings. The molecule has 0 saturated carbocycles. The van der Waals surface area contributed by atoms with Gasteiger partial charge in [-0.05, 0) is 30.7 Å². The van der Waals surface area contributed by atoms with Crippen molar-refractivity contribution in [2.75, 3.05) is 6.61 Å². The lowest BCUT2D eigenvalue weighted by atomic mass is 10.1. The number of hydrogen-bond donors (Lipinski definition) is 1. The van der Waals surface area contributed by atoms with Gasteiger partial charge < -0.3 is 9.84 Å². The van der Waals surface area contributed by atoms with Gasteiger partial charge in [0.25, 0.3) is 0 Å². The molecule has 2 rings (SSSR count). The fraction of sp³-hybridized carbons (Fsp3) is 0.143. The zero-order valence-electron chi connectivity index (χ0n) is 9.96.